The van der Waals surface area contributed by atoms with Crippen molar-refractivity contribution in [2.45, 2.75) is 13.8 Å². The first-order valence-electron chi connectivity index (χ1n) is 12.1. The first-order valence-corrected chi connectivity index (χ1v) is 12.1. The second-order valence-electron chi connectivity index (χ2n) is 8.60. The third-order valence-corrected chi connectivity index (χ3v) is 5.61. The fourth-order valence-electron chi connectivity index (χ4n) is 3.59. The van der Waals surface area contributed by atoms with E-state index in [1.165, 1.54) is 0 Å². The summed E-state index contributed by atoms with van der Waals surface area (Å²) in [6.07, 6.45) is 0. The third-order valence-electron chi connectivity index (χ3n) is 5.61. The molecule has 0 aliphatic carbocycles. The van der Waals surface area contributed by atoms with Gasteiger partial charge in [0.1, 0.15) is 11.5 Å². The Hall–Kier alpha value is -4.78. The molecular formula is C30H30N4O3. The topological polar surface area (TPSA) is 82.7 Å². The molecule has 7 nitrogen and oxygen atoms in total. The second kappa shape index (κ2) is 12.3. The van der Waals surface area contributed by atoms with Crippen molar-refractivity contribution in [3.05, 3.63) is 114 Å². The molecule has 188 valence electrons. The molecule has 3 N–H and O–H groups in total. The number of ether oxygens (including phenoxy) is 1. The lowest BCUT2D eigenvalue weighted by Crippen LogP contribution is -2.42. The van der Waals surface area contributed by atoms with Crippen LogP contribution in [0.2, 0.25) is 0 Å². The highest BCUT2D eigenvalue weighted by Gasteiger charge is 2.17. The number of carbonyl (C=O) groups excluding carboxylic acids is 2. The molecule has 37 heavy (non-hydrogen) atoms. The van der Waals surface area contributed by atoms with Crippen LogP contribution in [0.5, 0.6) is 11.5 Å². The molecule has 7 heteroatoms. The minimum Gasteiger partial charge on any atom is -0.457 e. The maximum Gasteiger partial charge on any atom is 0.326 e. The van der Waals surface area contributed by atoms with Crippen LogP contribution in [0.15, 0.2) is 103 Å². The van der Waals surface area contributed by atoms with E-state index in [0.29, 0.717) is 22.8 Å². The van der Waals surface area contributed by atoms with E-state index < -0.39 is 0 Å². The Balaban J connectivity index is 1.42. The number of hydrogen-bond donors (Lipinski definition) is 3. The van der Waals surface area contributed by atoms with Crippen LogP contribution in [0.3, 0.4) is 0 Å². The monoisotopic (exact) mass is 494 g/mol. The molecule has 4 aromatic carbocycles. The lowest BCUT2D eigenvalue weighted by molar-refractivity contribution is 0.250. The molecule has 0 aliphatic rings. The van der Waals surface area contributed by atoms with Gasteiger partial charge < -0.3 is 20.7 Å². The molecule has 0 saturated heterocycles. The number of anilines is 3. The van der Waals surface area contributed by atoms with E-state index in [1.807, 2.05) is 117 Å². The Bertz CT molecular complexity index is 1310. The normalized spacial score (nSPS) is 10.3. The zero-order chi connectivity index (χ0) is 26.0. The SMILES string of the molecule is Cc1ccc(NC(=O)NCCN(C(=O)Nc2ccc(C)cc2)c2ccc(Oc3ccccc3)cc2)cc1. The number of urea groups is 2. The molecular weight excluding hydrogens is 464 g/mol. The van der Waals surface area contributed by atoms with E-state index in [2.05, 4.69) is 16.0 Å². The molecule has 4 rings (SSSR count). The predicted molar refractivity (Wildman–Crippen MR) is 149 cm³/mol. The van der Waals surface area contributed by atoms with E-state index in [4.69, 9.17) is 4.74 Å². The molecule has 0 unspecified atom stereocenters. The quantitative estimate of drug-likeness (QED) is 0.248. The maximum absolute atomic E-state index is 13.2. The Kier molecular flexibility index (Phi) is 8.39. The van der Waals surface area contributed by atoms with Crippen molar-refractivity contribution in [2.75, 3.05) is 28.6 Å². The summed E-state index contributed by atoms with van der Waals surface area (Å²) < 4.78 is 5.87. The van der Waals surface area contributed by atoms with Gasteiger partial charge in [-0.15, -0.1) is 0 Å². The van der Waals surface area contributed by atoms with E-state index in [0.717, 1.165) is 16.9 Å². The van der Waals surface area contributed by atoms with Crippen LogP contribution in [0, 0.1) is 13.8 Å². The number of amides is 4. The first-order chi connectivity index (χ1) is 18.0. The molecule has 4 amide bonds. The van der Waals surface area contributed by atoms with Crippen molar-refractivity contribution in [1.82, 2.24) is 5.32 Å². The lowest BCUT2D eigenvalue weighted by atomic mass is 10.2. The smallest absolute Gasteiger partial charge is 0.326 e. The van der Waals surface area contributed by atoms with Crippen LogP contribution >= 0.6 is 0 Å². The summed E-state index contributed by atoms with van der Waals surface area (Å²) in [4.78, 5) is 27.2. The van der Waals surface area contributed by atoms with Gasteiger partial charge in [0.25, 0.3) is 0 Å². The molecule has 4 aromatic rings. The highest BCUT2D eigenvalue weighted by atomic mass is 16.5. The minimum absolute atomic E-state index is 0.251. The summed E-state index contributed by atoms with van der Waals surface area (Å²) in [7, 11) is 0. The number of carbonyl (C=O) groups is 2. The Morgan fingerprint density at radius 2 is 1.22 bits per heavy atom. The highest BCUT2D eigenvalue weighted by molar-refractivity contribution is 6.01. The van der Waals surface area contributed by atoms with Gasteiger partial charge in [0.2, 0.25) is 0 Å². The van der Waals surface area contributed by atoms with Crippen molar-refractivity contribution in [3.63, 3.8) is 0 Å². The van der Waals surface area contributed by atoms with Crippen molar-refractivity contribution < 1.29 is 14.3 Å². The zero-order valence-corrected chi connectivity index (χ0v) is 20.9. The number of benzene rings is 4. The largest absolute Gasteiger partial charge is 0.457 e. The second-order valence-corrected chi connectivity index (χ2v) is 8.60. The van der Waals surface area contributed by atoms with Crippen LogP contribution in [0.4, 0.5) is 26.7 Å². The van der Waals surface area contributed by atoms with Gasteiger partial charge >= 0.3 is 12.1 Å². The van der Waals surface area contributed by atoms with Crippen molar-refractivity contribution in [2.24, 2.45) is 0 Å². The Morgan fingerprint density at radius 1 is 0.676 bits per heavy atom. The van der Waals surface area contributed by atoms with Gasteiger partial charge in [-0.25, -0.2) is 9.59 Å². The zero-order valence-electron chi connectivity index (χ0n) is 20.9. The summed E-state index contributed by atoms with van der Waals surface area (Å²) in [6, 6.07) is 31.2. The van der Waals surface area contributed by atoms with Crippen LogP contribution in [-0.4, -0.2) is 25.2 Å². The number of rotatable bonds is 8. The molecule has 0 atom stereocenters. The van der Waals surface area contributed by atoms with Gasteiger partial charge in [-0.2, -0.15) is 0 Å². The summed E-state index contributed by atoms with van der Waals surface area (Å²) in [5.41, 5.74) is 4.28. The molecule has 0 saturated carbocycles. The van der Waals surface area contributed by atoms with E-state index in [-0.39, 0.29) is 25.2 Å². The Labute approximate surface area is 217 Å². The molecule has 0 bridgehead atoms. The van der Waals surface area contributed by atoms with Crippen LogP contribution in [0.1, 0.15) is 11.1 Å². The number of nitrogens with zero attached hydrogens (tertiary/aromatic N) is 1. The molecule has 0 spiro atoms. The van der Waals surface area contributed by atoms with Crippen molar-refractivity contribution >= 4 is 29.1 Å². The van der Waals surface area contributed by atoms with Gasteiger partial charge in [0.15, 0.2) is 0 Å². The minimum atomic E-state index is -0.339. The summed E-state index contributed by atoms with van der Waals surface area (Å²) in [5.74, 6) is 1.39. The third kappa shape index (κ3) is 7.60. The van der Waals surface area contributed by atoms with Gasteiger partial charge in [-0.1, -0.05) is 53.6 Å². The highest BCUT2D eigenvalue weighted by Crippen LogP contribution is 2.25. The molecule has 0 heterocycles. The molecule has 0 aliphatic heterocycles. The van der Waals surface area contributed by atoms with E-state index in [1.54, 1.807) is 4.90 Å². The average Bonchev–Trinajstić information content (AvgIpc) is 2.90. The van der Waals surface area contributed by atoms with Crippen molar-refractivity contribution in [3.8, 4) is 11.5 Å². The van der Waals surface area contributed by atoms with Crippen LogP contribution in [-0.2, 0) is 0 Å². The average molecular weight is 495 g/mol. The number of aryl methyl sites for hydroxylation is 2. The fraction of sp³-hybridized carbons (Fsp3) is 0.133. The standard InChI is InChI=1S/C30H30N4O3/c1-22-8-12-24(13-9-22)32-29(35)31-20-21-34(30(36)33-25-14-10-23(2)11-15-25)26-16-18-28(19-17-26)37-27-6-4-3-5-7-27/h3-19H,20-21H2,1-2H3,(H,33,36)(H2,31,32,35). The van der Waals surface area contributed by atoms with Gasteiger partial charge in [0, 0.05) is 30.2 Å². The number of hydrogen-bond acceptors (Lipinski definition) is 3. The van der Waals surface area contributed by atoms with Gasteiger partial charge in [0.05, 0.1) is 0 Å². The van der Waals surface area contributed by atoms with Crippen LogP contribution < -0.4 is 25.6 Å². The van der Waals surface area contributed by atoms with E-state index in [9.17, 15) is 9.59 Å². The number of para-hydroxylation sites is 1. The molecule has 0 radical (unpaired) electrons. The first kappa shape index (κ1) is 25.3. The lowest BCUT2D eigenvalue weighted by Gasteiger charge is -2.24. The van der Waals surface area contributed by atoms with Crippen molar-refractivity contribution in [1.29, 1.82) is 0 Å². The summed E-state index contributed by atoms with van der Waals surface area (Å²) in [5, 5.41) is 8.55. The summed E-state index contributed by atoms with van der Waals surface area (Å²) >= 11 is 0. The summed E-state index contributed by atoms with van der Waals surface area (Å²) in [6.45, 7) is 4.49. The molecule has 0 aromatic heterocycles. The van der Waals surface area contributed by atoms with Gasteiger partial charge in [-0.3, -0.25) is 4.90 Å². The maximum atomic E-state index is 13.2. The predicted octanol–water partition coefficient (Wildman–Crippen LogP) is 6.96. The van der Waals surface area contributed by atoms with Crippen LogP contribution in [0.25, 0.3) is 0 Å². The van der Waals surface area contributed by atoms with E-state index >= 15 is 0 Å². The molecule has 0 fully saturated rings. The Morgan fingerprint density at radius 3 is 1.81 bits per heavy atom. The van der Waals surface area contributed by atoms with Gasteiger partial charge in [-0.05, 0) is 74.5 Å². The fourth-order valence-corrected chi connectivity index (χ4v) is 3.59. The number of nitrogens with one attached hydrogen (secondary N) is 3.